The summed E-state index contributed by atoms with van der Waals surface area (Å²) in [4.78, 5) is 19.4. The standard InChI is InChI=1S/C22H32N4O2/c1-5-28-20-11-7-6-10-19(20)24-22(27)25-12-8-9-18(15-25)13-21-23-14-17(4)26(21)16(2)3/h6-7,10-11,14,16,18H,5,8-9,12-13,15H2,1-4H3,(H,24,27). The number of nitrogens with zero attached hydrogens (tertiary/aromatic N) is 3. The van der Waals surface area contributed by atoms with E-state index in [4.69, 9.17) is 4.74 Å². The number of ether oxygens (including phenoxy) is 1. The molecule has 2 amide bonds. The molecule has 28 heavy (non-hydrogen) atoms. The van der Waals surface area contributed by atoms with E-state index in [2.05, 4.69) is 35.6 Å². The minimum atomic E-state index is -0.0553. The highest BCUT2D eigenvalue weighted by molar-refractivity contribution is 5.91. The van der Waals surface area contributed by atoms with Crippen LogP contribution >= 0.6 is 0 Å². The van der Waals surface area contributed by atoms with Crippen LogP contribution in [0.15, 0.2) is 30.5 Å². The summed E-state index contributed by atoms with van der Waals surface area (Å²) in [7, 11) is 0. The molecule has 0 saturated carbocycles. The van der Waals surface area contributed by atoms with Crippen molar-refractivity contribution in [3.63, 3.8) is 0 Å². The summed E-state index contributed by atoms with van der Waals surface area (Å²) in [6.07, 6.45) is 5.01. The first-order valence-corrected chi connectivity index (χ1v) is 10.3. The maximum Gasteiger partial charge on any atom is 0.321 e. The molecule has 1 unspecified atom stereocenters. The molecule has 2 aromatic rings. The van der Waals surface area contributed by atoms with Crippen molar-refractivity contribution in [2.24, 2.45) is 5.92 Å². The molecule has 6 nitrogen and oxygen atoms in total. The molecule has 6 heteroatoms. The third kappa shape index (κ3) is 4.66. The molecule has 1 atom stereocenters. The Balaban J connectivity index is 1.64. The van der Waals surface area contributed by atoms with Crippen LogP contribution in [0.25, 0.3) is 0 Å². The number of hydrogen-bond acceptors (Lipinski definition) is 3. The lowest BCUT2D eigenvalue weighted by atomic mass is 9.94. The van der Waals surface area contributed by atoms with Gasteiger partial charge in [0.1, 0.15) is 11.6 Å². The average molecular weight is 385 g/mol. The highest BCUT2D eigenvalue weighted by atomic mass is 16.5. The molecule has 152 valence electrons. The van der Waals surface area contributed by atoms with E-state index in [0.29, 0.717) is 24.3 Å². The lowest BCUT2D eigenvalue weighted by Gasteiger charge is -2.33. The fraction of sp³-hybridized carbons (Fsp3) is 0.545. The second-order valence-corrected chi connectivity index (χ2v) is 7.80. The molecule has 1 aliphatic rings. The predicted octanol–water partition coefficient (Wildman–Crippen LogP) is 4.66. The van der Waals surface area contributed by atoms with E-state index >= 15 is 0 Å². The summed E-state index contributed by atoms with van der Waals surface area (Å²) in [6, 6.07) is 7.93. The van der Waals surface area contributed by atoms with E-state index in [1.807, 2.05) is 42.3 Å². The van der Waals surface area contributed by atoms with E-state index in [1.54, 1.807) is 0 Å². The second kappa shape index (κ2) is 9.13. The van der Waals surface area contributed by atoms with E-state index in [1.165, 1.54) is 5.69 Å². The lowest BCUT2D eigenvalue weighted by Crippen LogP contribution is -2.43. The van der Waals surface area contributed by atoms with Crippen molar-refractivity contribution < 1.29 is 9.53 Å². The topological polar surface area (TPSA) is 59.4 Å². The van der Waals surface area contributed by atoms with Gasteiger partial charge in [0.05, 0.1) is 12.3 Å². The molecule has 3 rings (SSSR count). The summed E-state index contributed by atoms with van der Waals surface area (Å²) in [5.74, 6) is 2.27. The minimum Gasteiger partial charge on any atom is -0.492 e. The molecular formula is C22H32N4O2. The molecule has 1 aromatic heterocycles. The van der Waals surface area contributed by atoms with E-state index in [0.717, 1.165) is 43.9 Å². The van der Waals surface area contributed by atoms with Gasteiger partial charge in [-0.15, -0.1) is 0 Å². The predicted molar refractivity (Wildman–Crippen MR) is 112 cm³/mol. The molecular weight excluding hydrogens is 352 g/mol. The van der Waals surface area contributed by atoms with Crippen LogP contribution in [0.5, 0.6) is 5.75 Å². The average Bonchev–Trinajstić information content (AvgIpc) is 3.04. The number of piperidine rings is 1. The number of nitrogens with one attached hydrogen (secondary N) is 1. The van der Waals surface area contributed by atoms with Gasteiger partial charge in [0.15, 0.2) is 0 Å². The number of carbonyl (C=O) groups excluding carboxylic acids is 1. The van der Waals surface area contributed by atoms with Gasteiger partial charge < -0.3 is 19.5 Å². The number of para-hydroxylation sites is 2. The summed E-state index contributed by atoms with van der Waals surface area (Å²) in [5.41, 5.74) is 1.92. The monoisotopic (exact) mass is 384 g/mol. The quantitative estimate of drug-likeness (QED) is 0.788. The van der Waals surface area contributed by atoms with Gasteiger partial charge in [-0.3, -0.25) is 0 Å². The Kier molecular flexibility index (Phi) is 6.60. The number of carbonyl (C=O) groups is 1. The number of likely N-dealkylation sites (tertiary alicyclic amines) is 1. The van der Waals surface area contributed by atoms with Crippen LogP contribution in [-0.4, -0.2) is 40.2 Å². The zero-order valence-corrected chi connectivity index (χ0v) is 17.4. The molecule has 1 fully saturated rings. The van der Waals surface area contributed by atoms with Crippen LogP contribution in [-0.2, 0) is 6.42 Å². The Bertz CT molecular complexity index is 800. The van der Waals surface area contributed by atoms with Gasteiger partial charge >= 0.3 is 6.03 Å². The Morgan fingerprint density at radius 2 is 2.14 bits per heavy atom. The lowest BCUT2D eigenvalue weighted by molar-refractivity contribution is 0.176. The molecule has 0 spiro atoms. The third-order valence-corrected chi connectivity index (χ3v) is 5.28. The first-order valence-electron chi connectivity index (χ1n) is 10.3. The van der Waals surface area contributed by atoms with Crippen molar-refractivity contribution in [1.29, 1.82) is 0 Å². The molecule has 2 heterocycles. The number of benzene rings is 1. The SMILES string of the molecule is CCOc1ccccc1NC(=O)N1CCCC(Cc2ncc(C)n2C(C)C)C1. The first-order chi connectivity index (χ1) is 13.5. The maximum atomic E-state index is 12.8. The number of imidazole rings is 1. The fourth-order valence-electron chi connectivity index (χ4n) is 4.07. The van der Waals surface area contributed by atoms with Crippen molar-refractivity contribution in [1.82, 2.24) is 14.5 Å². The van der Waals surface area contributed by atoms with Crippen molar-refractivity contribution >= 4 is 11.7 Å². The molecule has 1 aromatic carbocycles. The number of urea groups is 1. The molecule has 0 bridgehead atoms. The van der Waals surface area contributed by atoms with Crippen LogP contribution in [0, 0.1) is 12.8 Å². The van der Waals surface area contributed by atoms with Gasteiger partial charge in [-0.2, -0.15) is 0 Å². The smallest absolute Gasteiger partial charge is 0.321 e. The Morgan fingerprint density at radius 1 is 1.36 bits per heavy atom. The van der Waals surface area contributed by atoms with E-state index < -0.39 is 0 Å². The zero-order chi connectivity index (χ0) is 20.1. The minimum absolute atomic E-state index is 0.0553. The zero-order valence-electron chi connectivity index (χ0n) is 17.4. The van der Waals surface area contributed by atoms with Crippen molar-refractivity contribution in [3.05, 3.63) is 42.0 Å². The van der Waals surface area contributed by atoms with Gasteiger partial charge in [0.2, 0.25) is 0 Å². The number of rotatable bonds is 6. The van der Waals surface area contributed by atoms with Crippen LogP contribution in [0.3, 0.4) is 0 Å². The summed E-state index contributed by atoms with van der Waals surface area (Å²) in [6.45, 7) is 10.5. The summed E-state index contributed by atoms with van der Waals surface area (Å²) >= 11 is 0. The van der Waals surface area contributed by atoms with Gasteiger partial charge in [-0.25, -0.2) is 9.78 Å². The number of hydrogen-bond donors (Lipinski definition) is 1. The van der Waals surface area contributed by atoms with Crippen molar-refractivity contribution in [2.45, 2.75) is 53.0 Å². The highest BCUT2D eigenvalue weighted by Gasteiger charge is 2.26. The molecule has 0 aliphatic carbocycles. The second-order valence-electron chi connectivity index (χ2n) is 7.80. The molecule has 1 aliphatic heterocycles. The van der Waals surface area contributed by atoms with Crippen LogP contribution in [0.4, 0.5) is 10.5 Å². The summed E-state index contributed by atoms with van der Waals surface area (Å²) in [5, 5.41) is 3.02. The third-order valence-electron chi connectivity index (χ3n) is 5.28. The van der Waals surface area contributed by atoms with Gasteiger partial charge in [0, 0.05) is 37.4 Å². The number of anilines is 1. The molecule has 1 saturated heterocycles. The van der Waals surface area contributed by atoms with E-state index in [9.17, 15) is 4.79 Å². The first kappa shape index (κ1) is 20.2. The van der Waals surface area contributed by atoms with Crippen LogP contribution in [0.1, 0.15) is 51.2 Å². The number of aromatic nitrogens is 2. The van der Waals surface area contributed by atoms with Crippen LogP contribution in [0.2, 0.25) is 0 Å². The van der Waals surface area contributed by atoms with Gasteiger partial charge in [-0.05, 0) is 58.6 Å². The number of aryl methyl sites for hydroxylation is 1. The Hall–Kier alpha value is -2.50. The van der Waals surface area contributed by atoms with Crippen LogP contribution < -0.4 is 10.1 Å². The normalized spacial score (nSPS) is 17.0. The molecule has 0 radical (unpaired) electrons. The van der Waals surface area contributed by atoms with Gasteiger partial charge in [0.25, 0.3) is 0 Å². The Morgan fingerprint density at radius 3 is 2.89 bits per heavy atom. The molecule has 1 N–H and O–H groups in total. The van der Waals surface area contributed by atoms with Crippen molar-refractivity contribution in [2.75, 3.05) is 25.0 Å². The van der Waals surface area contributed by atoms with E-state index in [-0.39, 0.29) is 6.03 Å². The van der Waals surface area contributed by atoms with Gasteiger partial charge in [-0.1, -0.05) is 12.1 Å². The highest BCUT2D eigenvalue weighted by Crippen LogP contribution is 2.26. The summed E-state index contributed by atoms with van der Waals surface area (Å²) < 4.78 is 7.92. The largest absolute Gasteiger partial charge is 0.492 e. The van der Waals surface area contributed by atoms with Crippen molar-refractivity contribution in [3.8, 4) is 5.75 Å². The maximum absolute atomic E-state index is 12.8. The number of amides is 2. The fourth-order valence-corrected chi connectivity index (χ4v) is 4.07. The Labute approximate surface area is 167 Å².